The number of ether oxygens (including phenoxy) is 1. The van der Waals surface area contributed by atoms with Crippen LogP contribution >= 0.6 is 11.6 Å². The third kappa shape index (κ3) is 7.31. The van der Waals surface area contributed by atoms with Gasteiger partial charge in [0, 0.05) is 5.02 Å². The van der Waals surface area contributed by atoms with Crippen LogP contribution in [0.15, 0.2) is 24.3 Å². The van der Waals surface area contributed by atoms with Crippen LogP contribution in [0.4, 0.5) is 4.79 Å². The monoisotopic (exact) mass is 327 g/mol. The van der Waals surface area contributed by atoms with Crippen LogP contribution in [-0.2, 0) is 16.0 Å². The molecule has 1 amide bonds. The van der Waals surface area contributed by atoms with E-state index in [-0.39, 0.29) is 12.5 Å². The van der Waals surface area contributed by atoms with Crippen LogP contribution < -0.4 is 5.32 Å². The Morgan fingerprint density at radius 1 is 1.36 bits per heavy atom. The predicted octanol–water partition coefficient (Wildman–Crippen LogP) is 3.50. The molecule has 1 aromatic rings. The lowest BCUT2D eigenvalue weighted by Gasteiger charge is -2.16. The van der Waals surface area contributed by atoms with Crippen LogP contribution in [0, 0.1) is 5.92 Å². The van der Waals surface area contributed by atoms with Gasteiger partial charge in [0.15, 0.2) is 0 Å². The molecular weight excluding hydrogens is 306 g/mol. The predicted molar refractivity (Wildman–Crippen MR) is 85.1 cm³/mol. The number of aryl methyl sites for hydroxylation is 1. The molecule has 1 aromatic carbocycles. The summed E-state index contributed by atoms with van der Waals surface area (Å²) in [5, 5.41) is 12.1. The fraction of sp³-hybridized carbons (Fsp3) is 0.500. The molecule has 0 saturated carbocycles. The topological polar surface area (TPSA) is 75.6 Å². The Morgan fingerprint density at radius 2 is 2.09 bits per heavy atom. The van der Waals surface area contributed by atoms with E-state index in [4.69, 9.17) is 21.4 Å². The second-order valence-electron chi connectivity index (χ2n) is 5.53. The quantitative estimate of drug-likeness (QED) is 0.716. The second kappa shape index (κ2) is 9.30. The molecule has 0 aliphatic rings. The van der Waals surface area contributed by atoms with Gasteiger partial charge in [-0.2, -0.15) is 0 Å². The third-order valence-electron chi connectivity index (χ3n) is 3.03. The van der Waals surface area contributed by atoms with Gasteiger partial charge in [0.25, 0.3) is 0 Å². The molecule has 2 N–H and O–H groups in total. The van der Waals surface area contributed by atoms with Crippen molar-refractivity contribution in [3.63, 3.8) is 0 Å². The van der Waals surface area contributed by atoms with E-state index in [9.17, 15) is 9.59 Å². The SMILES string of the molecule is CC(C)C[C@H](NC(=O)OCCCc1cccc(Cl)c1)C(=O)O. The number of halogens is 1. The van der Waals surface area contributed by atoms with Crippen LogP contribution in [0.5, 0.6) is 0 Å². The normalized spacial score (nSPS) is 12.0. The lowest BCUT2D eigenvalue weighted by Crippen LogP contribution is -2.42. The van der Waals surface area contributed by atoms with Crippen molar-refractivity contribution in [3.05, 3.63) is 34.9 Å². The largest absolute Gasteiger partial charge is 0.480 e. The zero-order chi connectivity index (χ0) is 16.5. The first kappa shape index (κ1) is 18.3. The van der Waals surface area contributed by atoms with Crippen LogP contribution in [0.2, 0.25) is 5.02 Å². The highest BCUT2D eigenvalue weighted by Crippen LogP contribution is 2.12. The van der Waals surface area contributed by atoms with E-state index in [0.717, 1.165) is 12.0 Å². The van der Waals surface area contributed by atoms with E-state index in [1.807, 2.05) is 32.0 Å². The summed E-state index contributed by atoms with van der Waals surface area (Å²) in [7, 11) is 0. The minimum Gasteiger partial charge on any atom is -0.480 e. The fourth-order valence-electron chi connectivity index (χ4n) is 2.01. The van der Waals surface area contributed by atoms with Gasteiger partial charge in [-0.3, -0.25) is 0 Å². The van der Waals surface area contributed by atoms with Crippen molar-refractivity contribution in [2.45, 2.75) is 39.2 Å². The molecule has 0 radical (unpaired) electrons. The van der Waals surface area contributed by atoms with Crippen LogP contribution in [-0.4, -0.2) is 29.8 Å². The lowest BCUT2D eigenvalue weighted by atomic mass is 10.0. The number of hydrogen-bond donors (Lipinski definition) is 2. The zero-order valence-electron chi connectivity index (χ0n) is 12.8. The number of aliphatic carboxylic acids is 1. The number of nitrogens with one attached hydrogen (secondary N) is 1. The molecule has 5 nitrogen and oxygen atoms in total. The Kier molecular flexibility index (Phi) is 7.74. The number of benzene rings is 1. The number of rotatable bonds is 8. The molecule has 0 aromatic heterocycles. The van der Waals surface area contributed by atoms with Gasteiger partial charge in [-0.15, -0.1) is 0 Å². The Bertz CT molecular complexity index is 505. The number of alkyl carbamates (subject to hydrolysis) is 1. The van der Waals surface area contributed by atoms with E-state index in [2.05, 4.69) is 5.32 Å². The van der Waals surface area contributed by atoms with Crippen molar-refractivity contribution in [2.75, 3.05) is 6.61 Å². The van der Waals surface area contributed by atoms with E-state index >= 15 is 0 Å². The van der Waals surface area contributed by atoms with E-state index in [0.29, 0.717) is 17.9 Å². The average molecular weight is 328 g/mol. The van der Waals surface area contributed by atoms with E-state index < -0.39 is 18.1 Å². The molecule has 1 atom stereocenters. The third-order valence-corrected chi connectivity index (χ3v) is 3.26. The first-order valence-electron chi connectivity index (χ1n) is 7.29. The highest BCUT2D eigenvalue weighted by Gasteiger charge is 2.21. The molecule has 0 aliphatic heterocycles. The first-order chi connectivity index (χ1) is 10.4. The molecule has 0 heterocycles. The molecule has 0 aliphatic carbocycles. The van der Waals surface area contributed by atoms with Crippen LogP contribution in [0.3, 0.4) is 0 Å². The summed E-state index contributed by atoms with van der Waals surface area (Å²) in [5.74, 6) is -0.881. The summed E-state index contributed by atoms with van der Waals surface area (Å²) in [4.78, 5) is 22.6. The van der Waals surface area contributed by atoms with Crippen LogP contribution in [0.25, 0.3) is 0 Å². The summed E-state index contributed by atoms with van der Waals surface area (Å²) in [5.41, 5.74) is 1.07. The summed E-state index contributed by atoms with van der Waals surface area (Å²) in [6.07, 6.45) is 1.06. The Labute approximate surface area is 135 Å². The van der Waals surface area contributed by atoms with Gasteiger partial charge in [-0.1, -0.05) is 37.6 Å². The Hall–Kier alpha value is -1.75. The Morgan fingerprint density at radius 3 is 2.68 bits per heavy atom. The van der Waals surface area contributed by atoms with Gasteiger partial charge in [0.05, 0.1) is 6.61 Å². The highest BCUT2D eigenvalue weighted by atomic mass is 35.5. The standard InChI is InChI=1S/C16H22ClNO4/c1-11(2)9-14(15(19)20)18-16(21)22-8-4-6-12-5-3-7-13(17)10-12/h3,5,7,10-11,14H,4,6,8-9H2,1-2H3,(H,18,21)(H,19,20)/t14-/m0/s1. The van der Waals surface area contributed by atoms with Gasteiger partial charge < -0.3 is 15.2 Å². The number of hydrogen-bond acceptors (Lipinski definition) is 3. The van der Waals surface area contributed by atoms with Gasteiger partial charge in [0.1, 0.15) is 6.04 Å². The molecule has 122 valence electrons. The maximum atomic E-state index is 11.6. The highest BCUT2D eigenvalue weighted by molar-refractivity contribution is 6.30. The molecule has 0 spiro atoms. The first-order valence-corrected chi connectivity index (χ1v) is 7.67. The smallest absolute Gasteiger partial charge is 0.407 e. The molecule has 0 fully saturated rings. The lowest BCUT2D eigenvalue weighted by molar-refractivity contribution is -0.139. The maximum Gasteiger partial charge on any atom is 0.407 e. The van der Waals surface area contributed by atoms with Crippen molar-refractivity contribution in [2.24, 2.45) is 5.92 Å². The summed E-state index contributed by atoms with van der Waals surface area (Å²) >= 11 is 5.89. The fourth-order valence-corrected chi connectivity index (χ4v) is 2.22. The number of amides is 1. The van der Waals surface area contributed by atoms with Gasteiger partial charge in [-0.05, 0) is 42.9 Å². The minimum absolute atomic E-state index is 0.171. The van der Waals surface area contributed by atoms with Crippen molar-refractivity contribution in [3.8, 4) is 0 Å². The summed E-state index contributed by atoms with van der Waals surface area (Å²) in [6, 6.07) is 6.57. The molecular formula is C16H22ClNO4. The average Bonchev–Trinajstić information content (AvgIpc) is 2.42. The van der Waals surface area contributed by atoms with Crippen molar-refractivity contribution >= 4 is 23.7 Å². The molecule has 0 unspecified atom stereocenters. The number of carboxylic acid groups (broad SMARTS) is 1. The zero-order valence-corrected chi connectivity index (χ0v) is 13.6. The second-order valence-corrected chi connectivity index (χ2v) is 5.97. The van der Waals surface area contributed by atoms with Crippen LogP contribution in [0.1, 0.15) is 32.3 Å². The number of carbonyl (C=O) groups is 2. The molecule has 22 heavy (non-hydrogen) atoms. The van der Waals surface area contributed by atoms with Crippen molar-refractivity contribution in [1.82, 2.24) is 5.32 Å². The van der Waals surface area contributed by atoms with Crippen molar-refractivity contribution < 1.29 is 19.4 Å². The van der Waals surface area contributed by atoms with Gasteiger partial charge >= 0.3 is 12.1 Å². The van der Waals surface area contributed by atoms with E-state index in [1.165, 1.54) is 0 Å². The van der Waals surface area contributed by atoms with Gasteiger partial charge in [0.2, 0.25) is 0 Å². The molecule has 1 rings (SSSR count). The minimum atomic E-state index is -1.05. The Balaban J connectivity index is 2.29. The molecule has 6 heteroatoms. The maximum absolute atomic E-state index is 11.6. The number of carboxylic acids is 1. The number of carbonyl (C=O) groups excluding carboxylic acids is 1. The van der Waals surface area contributed by atoms with Crippen molar-refractivity contribution in [1.29, 1.82) is 0 Å². The molecule has 0 saturated heterocycles. The molecule has 0 bridgehead atoms. The summed E-state index contributed by atoms with van der Waals surface area (Å²) in [6.45, 7) is 4.02. The summed E-state index contributed by atoms with van der Waals surface area (Å²) < 4.78 is 5.01. The van der Waals surface area contributed by atoms with Gasteiger partial charge in [-0.25, -0.2) is 9.59 Å². The van der Waals surface area contributed by atoms with E-state index in [1.54, 1.807) is 6.07 Å².